The third-order valence-electron chi connectivity index (χ3n) is 2.16. The van der Waals surface area contributed by atoms with E-state index in [1.165, 1.54) is 24.2 Å². The van der Waals surface area contributed by atoms with Crippen LogP contribution in [0, 0.1) is 8.99 Å². The molecule has 0 aliphatic heterocycles. The lowest BCUT2D eigenvalue weighted by Gasteiger charge is -2.22. The minimum absolute atomic E-state index is 0.146. The van der Waals surface area contributed by atoms with Gasteiger partial charge in [-0.2, -0.15) is 0 Å². The first-order valence-corrected chi connectivity index (χ1v) is 5.75. The maximum Gasteiger partial charge on any atom is 0.313 e. The number of esters is 1. The average molecular weight is 336 g/mol. The Balaban J connectivity index is 3.01. The Bertz CT molecular complexity index is 454. The van der Waals surface area contributed by atoms with Gasteiger partial charge in [-0.1, -0.05) is 0 Å². The molecule has 0 amide bonds. The zero-order chi connectivity index (χ0) is 12.3. The molecule has 0 spiro atoms. The topological polar surface area (TPSA) is 61.2 Å². The number of ether oxygens (including phenoxy) is 1. The number of hydrogen-bond acceptors (Lipinski definition) is 4. The Morgan fingerprint density at radius 3 is 2.81 bits per heavy atom. The standard InChI is InChI=1S/C10H13IN2O3/c1-10(2,9(15)16-3)5-13-6-12-4-7(11)8(13)14/h4,6H,5H2,1-3H3. The van der Waals surface area contributed by atoms with Crippen molar-refractivity contribution in [1.29, 1.82) is 0 Å². The van der Waals surface area contributed by atoms with Gasteiger partial charge in [0, 0.05) is 12.7 Å². The second kappa shape index (κ2) is 4.94. The van der Waals surface area contributed by atoms with Gasteiger partial charge in [0.05, 0.1) is 22.4 Å². The minimum Gasteiger partial charge on any atom is -0.469 e. The molecular weight excluding hydrogens is 323 g/mol. The molecule has 0 aromatic carbocycles. The first-order valence-electron chi connectivity index (χ1n) is 4.67. The molecule has 0 saturated carbocycles. The quantitative estimate of drug-likeness (QED) is 0.611. The molecule has 0 unspecified atom stereocenters. The van der Waals surface area contributed by atoms with Crippen molar-refractivity contribution in [3.05, 3.63) is 26.4 Å². The van der Waals surface area contributed by atoms with Gasteiger partial charge in [0.2, 0.25) is 0 Å². The van der Waals surface area contributed by atoms with E-state index in [2.05, 4.69) is 9.72 Å². The summed E-state index contributed by atoms with van der Waals surface area (Å²) >= 11 is 1.92. The van der Waals surface area contributed by atoms with Crippen LogP contribution in [0.2, 0.25) is 0 Å². The predicted molar refractivity (Wildman–Crippen MR) is 67.0 cm³/mol. The van der Waals surface area contributed by atoms with Crippen LogP contribution in [0.25, 0.3) is 0 Å². The summed E-state index contributed by atoms with van der Waals surface area (Å²) in [5, 5.41) is 0. The highest BCUT2D eigenvalue weighted by molar-refractivity contribution is 14.1. The van der Waals surface area contributed by atoms with Gasteiger partial charge in [-0.25, -0.2) is 4.98 Å². The van der Waals surface area contributed by atoms with Crippen molar-refractivity contribution in [2.24, 2.45) is 5.41 Å². The van der Waals surface area contributed by atoms with Gasteiger partial charge in [0.15, 0.2) is 0 Å². The highest BCUT2D eigenvalue weighted by Crippen LogP contribution is 2.18. The lowest BCUT2D eigenvalue weighted by atomic mass is 9.94. The molecule has 0 aliphatic rings. The monoisotopic (exact) mass is 336 g/mol. The van der Waals surface area contributed by atoms with Gasteiger partial charge in [0.25, 0.3) is 5.56 Å². The zero-order valence-electron chi connectivity index (χ0n) is 9.36. The molecule has 0 radical (unpaired) electrons. The number of methoxy groups -OCH3 is 1. The summed E-state index contributed by atoms with van der Waals surface area (Å²) in [5.74, 6) is -0.349. The molecule has 0 fully saturated rings. The number of aromatic nitrogens is 2. The van der Waals surface area contributed by atoms with E-state index in [0.29, 0.717) is 3.57 Å². The van der Waals surface area contributed by atoms with Gasteiger partial charge >= 0.3 is 5.97 Å². The molecule has 6 heteroatoms. The molecule has 1 heterocycles. The van der Waals surface area contributed by atoms with E-state index in [0.717, 1.165) is 0 Å². The van der Waals surface area contributed by atoms with Crippen LogP contribution in [0.1, 0.15) is 13.8 Å². The lowest BCUT2D eigenvalue weighted by molar-refractivity contribution is -0.151. The molecular formula is C10H13IN2O3. The van der Waals surface area contributed by atoms with Crippen LogP contribution in [0.4, 0.5) is 0 Å². The van der Waals surface area contributed by atoms with Crippen LogP contribution in [0.3, 0.4) is 0 Å². The van der Waals surface area contributed by atoms with Crippen molar-refractivity contribution in [2.45, 2.75) is 20.4 Å². The summed E-state index contributed by atoms with van der Waals surface area (Å²) in [7, 11) is 1.33. The van der Waals surface area contributed by atoms with Crippen molar-refractivity contribution in [2.75, 3.05) is 7.11 Å². The Morgan fingerprint density at radius 2 is 2.25 bits per heavy atom. The summed E-state index contributed by atoms with van der Waals surface area (Å²) in [4.78, 5) is 27.1. The summed E-state index contributed by atoms with van der Waals surface area (Å²) in [6.07, 6.45) is 2.92. The van der Waals surface area contributed by atoms with E-state index in [9.17, 15) is 9.59 Å². The largest absolute Gasteiger partial charge is 0.469 e. The molecule has 0 bridgehead atoms. The Labute approximate surface area is 107 Å². The molecule has 5 nitrogen and oxygen atoms in total. The second-order valence-corrected chi connectivity index (χ2v) is 5.21. The number of carbonyl (C=O) groups excluding carboxylic acids is 1. The van der Waals surface area contributed by atoms with Crippen molar-refractivity contribution in [3.8, 4) is 0 Å². The van der Waals surface area contributed by atoms with Crippen molar-refractivity contribution < 1.29 is 9.53 Å². The Kier molecular flexibility index (Phi) is 4.06. The molecule has 1 aromatic heterocycles. The number of rotatable bonds is 3. The van der Waals surface area contributed by atoms with Gasteiger partial charge in [-0.15, -0.1) is 0 Å². The normalized spacial score (nSPS) is 11.2. The van der Waals surface area contributed by atoms with Gasteiger partial charge in [-0.05, 0) is 36.4 Å². The Morgan fingerprint density at radius 1 is 1.62 bits per heavy atom. The zero-order valence-corrected chi connectivity index (χ0v) is 11.5. The fourth-order valence-corrected chi connectivity index (χ4v) is 1.77. The second-order valence-electron chi connectivity index (χ2n) is 4.05. The maximum atomic E-state index is 11.7. The van der Waals surface area contributed by atoms with Crippen molar-refractivity contribution in [1.82, 2.24) is 9.55 Å². The fraction of sp³-hybridized carbons (Fsp3) is 0.500. The number of hydrogen-bond donors (Lipinski definition) is 0. The molecule has 0 saturated heterocycles. The maximum absolute atomic E-state index is 11.7. The lowest BCUT2D eigenvalue weighted by Crippen LogP contribution is -2.35. The highest BCUT2D eigenvalue weighted by atomic mass is 127. The van der Waals surface area contributed by atoms with Crippen LogP contribution < -0.4 is 5.56 Å². The summed E-state index contributed by atoms with van der Waals surface area (Å²) in [5.41, 5.74) is -0.891. The number of halogens is 1. The highest BCUT2D eigenvalue weighted by Gasteiger charge is 2.29. The third kappa shape index (κ3) is 2.81. The molecule has 88 valence electrons. The SMILES string of the molecule is COC(=O)C(C)(C)Cn1cncc(I)c1=O. The van der Waals surface area contributed by atoms with E-state index in [1.807, 2.05) is 22.6 Å². The van der Waals surface area contributed by atoms with Gasteiger partial charge in [0.1, 0.15) is 0 Å². The Hall–Kier alpha value is -0.920. The summed E-state index contributed by atoms with van der Waals surface area (Å²) in [6.45, 7) is 3.71. The van der Waals surface area contributed by atoms with Gasteiger partial charge in [-0.3, -0.25) is 14.2 Å². The van der Waals surface area contributed by atoms with Crippen LogP contribution in [-0.2, 0) is 16.1 Å². The van der Waals surface area contributed by atoms with Crippen molar-refractivity contribution in [3.63, 3.8) is 0 Å². The molecule has 0 aliphatic carbocycles. The first-order chi connectivity index (χ1) is 7.38. The van der Waals surface area contributed by atoms with Crippen LogP contribution >= 0.6 is 22.6 Å². The van der Waals surface area contributed by atoms with Crippen LogP contribution in [0.5, 0.6) is 0 Å². The van der Waals surface area contributed by atoms with E-state index >= 15 is 0 Å². The smallest absolute Gasteiger partial charge is 0.313 e. The van der Waals surface area contributed by atoms with Crippen LogP contribution in [0.15, 0.2) is 17.3 Å². The summed E-state index contributed by atoms with van der Waals surface area (Å²) < 4.78 is 6.62. The predicted octanol–water partition coefficient (Wildman–Crippen LogP) is 1.05. The fourth-order valence-electron chi connectivity index (χ4n) is 1.30. The average Bonchev–Trinajstić information content (AvgIpc) is 2.23. The molecule has 0 atom stereocenters. The minimum atomic E-state index is -0.745. The van der Waals surface area contributed by atoms with Crippen LogP contribution in [-0.4, -0.2) is 22.6 Å². The molecule has 16 heavy (non-hydrogen) atoms. The molecule has 1 aromatic rings. The van der Waals surface area contributed by atoms with E-state index < -0.39 is 5.41 Å². The van der Waals surface area contributed by atoms with Crippen molar-refractivity contribution >= 4 is 28.6 Å². The molecule has 0 N–H and O–H groups in total. The van der Waals surface area contributed by atoms with E-state index in [4.69, 9.17) is 0 Å². The van der Waals surface area contributed by atoms with Gasteiger partial charge < -0.3 is 4.74 Å². The molecule has 1 rings (SSSR count). The number of carbonyl (C=O) groups is 1. The van der Waals surface area contributed by atoms with E-state index in [-0.39, 0.29) is 18.1 Å². The first kappa shape index (κ1) is 13.1. The summed E-state index contributed by atoms with van der Waals surface area (Å²) in [6, 6.07) is 0. The van der Waals surface area contributed by atoms with E-state index in [1.54, 1.807) is 13.8 Å². The third-order valence-corrected chi connectivity index (χ3v) is 2.90. The number of nitrogens with zero attached hydrogens (tertiary/aromatic N) is 2.